The number of hydrogen-bond donors (Lipinski definition) is 2. The molecule has 0 saturated carbocycles. The van der Waals surface area contributed by atoms with Crippen LogP contribution in [0.5, 0.6) is 11.5 Å². The van der Waals surface area contributed by atoms with Crippen LogP contribution >= 0.6 is 11.6 Å². The number of esters is 1. The van der Waals surface area contributed by atoms with E-state index in [2.05, 4.69) is 14.8 Å². The normalized spacial score (nSPS) is 10.9. The van der Waals surface area contributed by atoms with Gasteiger partial charge in [0.05, 0.1) is 42.5 Å². The Morgan fingerprint density at radius 2 is 1.49 bits per heavy atom. The number of anilines is 2. The Hall–Kier alpha value is -3.76. The molecule has 0 bridgehead atoms. The molecule has 0 atom stereocenters. The van der Waals surface area contributed by atoms with Gasteiger partial charge in [0.15, 0.2) is 0 Å². The predicted octanol–water partition coefficient (Wildman–Crippen LogP) is 4.51. The summed E-state index contributed by atoms with van der Waals surface area (Å²) in [6.45, 7) is 1.61. The summed E-state index contributed by atoms with van der Waals surface area (Å²) in [4.78, 5) is 24.2. The van der Waals surface area contributed by atoms with Gasteiger partial charge in [-0.3, -0.25) is 9.52 Å². The van der Waals surface area contributed by atoms with Crippen molar-refractivity contribution in [1.29, 1.82) is 0 Å². The SMILES string of the molecule is COC(=O)c1ccc(NC(=O)c2ccc(C)c(S(=O)(=O)Nc3cc(Cl)c(OC)cc3OC)c2)cc1. The molecule has 11 heteroatoms. The van der Waals surface area contributed by atoms with Crippen molar-refractivity contribution >= 4 is 44.9 Å². The van der Waals surface area contributed by atoms with E-state index in [0.717, 1.165) is 0 Å². The van der Waals surface area contributed by atoms with Crippen molar-refractivity contribution in [2.45, 2.75) is 11.8 Å². The summed E-state index contributed by atoms with van der Waals surface area (Å²) in [7, 11) is -0.0359. The third kappa shape index (κ3) is 5.84. The van der Waals surface area contributed by atoms with Gasteiger partial charge in [0.2, 0.25) is 0 Å². The molecule has 0 fully saturated rings. The molecule has 3 aromatic carbocycles. The number of aryl methyl sites for hydroxylation is 1. The summed E-state index contributed by atoms with van der Waals surface area (Å²) in [5, 5.41) is 2.86. The molecule has 0 saturated heterocycles. The zero-order valence-electron chi connectivity index (χ0n) is 19.3. The fourth-order valence-corrected chi connectivity index (χ4v) is 4.75. The zero-order chi connectivity index (χ0) is 25.8. The van der Waals surface area contributed by atoms with E-state index in [-0.39, 0.29) is 26.9 Å². The van der Waals surface area contributed by atoms with E-state index in [4.69, 9.17) is 21.1 Å². The lowest BCUT2D eigenvalue weighted by Gasteiger charge is -2.16. The summed E-state index contributed by atoms with van der Waals surface area (Å²) >= 11 is 6.15. The Kier molecular flexibility index (Phi) is 7.88. The van der Waals surface area contributed by atoms with E-state index in [0.29, 0.717) is 22.6 Å². The highest BCUT2D eigenvalue weighted by Crippen LogP contribution is 2.37. The molecule has 1 amide bonds. The Labute approximate surface area is 208 Å². The second-order valence-corrected chi connectivity index (χ2v) is 9.35. The fourth-order valence-electron chi connectivity index (χ4n) is 3.18. The van der Waals surface area contributed by atoms with E-state index in [1.54, 1.807) is 6.92 Å². The third-order valence-corrected chi connectivity index (χ3v) is 6.82. The summed E-state index contributed by atoms with van der Waals surface area (Å²) < 4.78 is 43.9. The fraction of sp³-hybridized carbons (Fsp3) is 0.167. The van der Waals surface area contributed by atoms with Gasteiger partial charge in [-0.15, -0.1) is 0 Å². The largest absolute Gasteiger partial charge is 0.495 e. The summed E-state index contributed by atoms with van der Waals surface area (Å²) in [5.41, 5.74) is 1.40. The van der Waals surface area contributed by atoms with Gasteiger partial charge in [-0.1, -0.05) is 17.7 Å². The number of carbonyl (C=O) groups is 2. The number of ether oxygens (including phenoxy) is 3. The van der Waals surface area contributed by atoms with Crippen LogP contribution in [0.15, 0.2) is 59.5 Å². The van der Waals surface area contributed by atoms with Gasteiger partial charge in [-0.25, -0.2) is 13.2 Å². The highest BCUT2D eigenvalue weighted by molar-refractivity contribution is 7.92. The first-order chi connectivity index (χ1) is 16.6. The van der Waals surface area contributed by atoms with Gasteiger partial charge in [0, 0.05) is 17.3 Å². The molecule has 0 aromatic heterocycles. The molecule has 0 radical (unpaired) electrons. The van der Waals surface area contributed by atoms with Crippen LogP contribution in [-0.4, -0.2) is 41.6 Å². The second-order valence-electron chi connectivity index (χ2n) is 7.30. The van der Waals surface area contributed by atoms with Gasteiger partial charge in [0.25, 0.3) is 15.9 Å². The van der Waals surface area contributed by atoms with Gasteiger partial charge >= 0.3 is 5.97 Å². The highest BCUT2D eigenvalue weighted by Gasteiger charge is 2.22. The predicted molar refractivity (Wildman–Crippen MR) is 132 cm³/mol. The lowest BCUT2D eigenvalue weighted by atomic mass is 10.1. The Bertz CT molecular complexity index is 1370. The molecule has 0 aliphatic rings. The summed E-state index contributed by atoms with van der Waals surface area (Å²) in [5.74, 6) is -0.506. The molecule has 0 spiro atoms. The molecular formula is C24H23ClN2O7S. The maximum atomic E-state index is 13.2. The minimum absolute atomic E-state index is 0.0971. The number of carbonyl (C=O) groups excluding carboxylic acids is 2. The molecule has 0 unspecified atom stereocenters. The summed E-state index contributed by atoms with van der Waals surface area (Å²) in [6, 6.07) is 13.2. The van der Waals surface area contributed by atoms with Crippen LogP contribution in [0.25, 0.3) is 0 Å². The average molecular weight is 519 g/mol. The molecule has 35 heavy (non-hydrogen) atoms. The van der Waals surface area contributed by atoms with Gasteiger partial charge in [-0.05, 0) is 55.0 Å². The molecule has 0 aliphatic heterocycles. The molecule has 3 rings (SSSR count). The van der Waals surface area contributed by atoms with E-state index in [1.807, 2.05) is 0 Å². The minimum Gasteiger partial charge on any atom is -0.495 e. The van der Waals surface area contributed by atoms with Gasteiger partial charge in [0.1, 0.15) is 11.5 Å². The standard InChI is InChI=1S/C24H23ClN2O7S/c1-14-5-6-16(23(28)26-17-9-7-15(8-10-17)24(29)34-4)11-22(14)35(30,31)27-19-12-18(25)20(32-2)13-21(19)33-3/h5-13,27H,1-4H3,(H,26,28). The van der Waals surface area contributed by atoms with Crippen molar-refractivity contribution in [1.82, 2.24) is 0 Å². The van der Waals surface area contributed by atoms with Crippen LogP contribution in [-0.2, 0) is 14.8 Å². The first-order valence-corrected chi connectivity index (χ1v) is 12.0. The number of halogens is 1. The summed E-state index contributed by atoms with van der Waals surface area (Å²) in [6.07, 6.45) is 0. The molecule has 9 nitrogen and oxygen atoms in total. The molecule has 0 aliphatic carbocycles. The second kappa shape index (κ2) is 10.7. The van der Waals surface area contributed by atoms with Crippen molar-refractivity contribution in [3.8, 4) is 11.5 Å². The van der Waals surface area contributed by atoms with Crippen LogP contribution in [0.2, 0.25) is 5.02 Å². The lowest BCUT2D eigenvalue weighted by molar-refractivity contribution is 0.0600. The van der Waals surface area contributed by atoms with Crippen molar-refractivity contribution in [2.24, 2.45) is 0 Å². The Balaban J connectivity index is 1.88. The van der Waals surface area contributed by atoms with E-state index >= 15 is 0 Å². The molecular weight excluding hydrogens is 496 g/mol. The van der Waals surface area contributed by atoms with Gasteiger partial charge < -0.3 is 19.5 Å². The van der Waals surface area contributed by atoms with Crippen LogP contribution in [0.4, 0.5) is 11.4 Å². The first kappa shape index (κ1) is 25.9. The zero-order valence-corrected chi connectivity index (χ0v) is 20.9. The topological polar surface area (TPSA) is 120 Å². The van der Waals surface area contributed by atoms with Crippen molar-refractivity contribution < 1.29 is 32.2 Å². The Morgan fingerprint density at radius 3 is 2.09 bits per heavy atom. The van der Waals surface area contributed by atoms with Crippen molar-refractivity contribution in [3.63, 3.8) is 0 Å². The number of nitrogens with one attached hydrogen (secondary N) is 2. The van der Waals surface area contributed by atoms with Crippen molar-refractivity contribution in [3.05, 3.63) is 76.3 Å². The molecule has 3 aromatic rings. The van der Waals surface area contributed by atoms with E-state index in [9.17, 15) is 18.0 Å². The number of benzene rings is 3. The monoisotopic (exact) mass is 518 g/mol. The Morgan fingerprint density at radius 1 is 0.857 bits per heavy atom. The third-order valence-electron chi connectivity index (χ3n) is 5.02. The van der Waals surface area contributed by atoms with Crippen LogP contribution in [0.1, 0.15) is 26.3 Å². The van der Waals surface area contributed by atoms with E-state index in [1.165, 1.54) is 75.9 Å². The number of rotatable bonds is 8. The molecule has 184 valence electrons. The maximum Gasteiger partial charge on any atom is 0.337 e. The van der Waals surface area contributed by atoms with Crippen molar-refractivity contribution in [2.75, 3.05) is 31.4 Å². The van der Waals surface area contributed by atoms with E-state index < -0.39 is 21.9 Å². The van der Waals surface area contributed by atoms with Gasteiger partial charge in [-0.2, -0.15) is 0 Å². The molecule has 2 N–H and O–H groups in total. The highest BCUT2D eigenvalue weighted by atomic mass is 35.5. The van der Waals surface area contributed by atoms with Crippen LogP contribution < -0.4 is 19.5 Å². The number of sulfonamides is 1. The van der Waals surface area contributed by atoms with Crippen LogP contribution in [0.3, 0.4) is 0 Å². The minimum atomic E-state index is -4.12. The van der Waals surface area contributed by atoms with Crippen LogP contribution in [0, 0.1) is 6.92 Å². The first-order valence-electron chi connectivity index (χ1n) is 10.1. The maximum absolute atomic E-state index is 13.2. The smallest absolute Gasteiger partial charge is 0.337 e. The number of amides is 1. The number of hydrogen-bond acceptors (Lipinski definition) is 7. The molecule has 0 heterocycles. The number of methoxy groups -OCH3 is 3. The quantitative estimate of drug-likeness (QED) is 0.421. The lowest BCUT2D eigenvalue weighted by Crippen LogP contribution is -2.17. The average Bonchev–Trinajstić information content (AvgIpc) is 2.84.